The van der Waals surface area contributed by atoms with Crippen LogP contribution in [0, 0.1) is 11.3 Å². The van der Waals surface area contributed by atoms with Crippen molar-refractivity contribution in [1.29, 1.82) is 5.26 Å². The number of nitriles is 1. The molecule has 1 amide bonds. The fourth-order valence-electron chi connectivity index (χ4n) is 2.51. The number of fused-ring (bicyclic) bond motifs is 1. The van der Waals surface area contributed by atoms with Gasteiger partial charge in [0.1, 0.15) is 11.6 Å². The fraction of sp³-hybridized carbons (Fsp3) is 0.0500. The number of hydrogen-bond donors (Lipinski definition) is 2. The van der Waals surface area contributed by atoms with Gasteiger partial charge in [-0.15, -0.1) is 0 Å². The molecule has 1 aliphatic rings. The SMILES string of the molecule is CN1C(=CC=C(C#N)C(=O)Nc2cccc(C(=O)O)c2)Oc2ccccc21. The van der Waals surface area contributed by atoms with Crippen molar-refractivity contribution in [3.05, 3.63) is 77.7 Å². The van der Waals surface area contributed by atoms with Gasteiger partial charge >= 0.3 is 5.97 Å². The highest BCUT2D eigenvalue weighted by Crippen LogP contribution is 2.37. The zero-order valence-corrected chi connectivity index (χ0v) is 14.3. The molecule has 3 rings (SSSR count). The zero-order chi connectivity index (χ0) is 19.4. The zero-order valence-electron chi connectivity index (χ0n) is 14.3. The van der Waals surface area contributed by atoms with Crippen LogP contribution < -0.4 is 15.0 Å². The van der Waals surface area contributed by atoms with Gasteiger partial charge < -0.3 is 20.1 Å². The van der Waals surface area contributed by atoms with Crippen LogP contribution in [0.5, 0.6) is 5.75 Å². The van der Waals surface area contributed by atoms with E-state index in [0.29, 0.717) is 11.6 Å². The third kappa shape index (κ3) is 3.80. The summed E-state index contributed by atoms with van der Waals surface area (Å²) < 4.78 is 5.69. The Morgan fingerprint density at radius 3 is 2.70 bits per heavy atom. The Balaban J connectivity index is 1.77. The summed E-state index contributed by atoms with van der Waals surface area (Å²) in [7, 11) is 1.81. The van der Waals surface area contributed by atoms with Crippen molar-refractivity contribution in [2.24, 2.45) is 0 Å². The summed E-state index contributed by atoms with van der Waals surface area (Å²) in [5.41, 5.74) is 1.06. The lowest BCUT2D eigenvalue weighted by Gasteiger charge is -2.10. The largest absolute Gasteiger partial charge is 0.478 e. The van der Waals surface area contributed by atoms with Crippen LogP contribution in [-0.4, -0.2) is 24.0 Å². The van der Waals surface area contributed by atoms with Gasteiger partial charge in [-0.05, 0) is 36.4 Å². The number of aromatic carboxylic acids is 1. The number of amides is 1. The maximum atomic E-state index is 12.3. The molecule has 0 saturated heterocycles. The molecule has 134 valence electrons. The summed E-state index contributed by atoms with van der Waals surface area (Å²) in [5.74, 6) is -0.583. The minimum absolute atomic E-state index is 0.0381. The summed E-state index contributed by atoms with van der Waals surface area (Å²) in [6, 6.07) is 15.1. The summed E-state index contributed by atoms with van der Waals surface area (Å²) in [5, 5.41) is 20.8. The van der Waals surface area contributed by atoms with Crippen molar-refractivity contribution in [1.82, 2.24) is 0 Å². The minimum Gasteiger partial charge on any atom is -0.478 e. The van der Waals surface area contributed by atoms with Crippen molar-refractivity contribution in [2.75, 3.05) is 17.3 Å². The highest BCUT2D eigenvalue weighted by Gasteiger charge is 2.21. The fourth-order valence-corrected chi connectivity index (χ4v) is 2.51. The van der Waals surface area contributed by atoms with Crippen LogP contribution in [0.4, 0.5) is 11.4 Å². The molecule has 2 aromatic rings. The first-order valence-electron chi connectivity index (χ1n) is 7.97. The minimum atomic E-state index is -1.10. The van der Waals surface area contributed by atoms with Gasteiger partial charge in [-0.2, -0.15) is 5.26 Å². The number of benzene rings is 2. The molecule has 0 bridgehead atoms. The van der Waals surface area contributed by atoms with E-state index in [0.717, 1.165) is 5.69 Å². The van der Waals surface area contributed by atoms with Gasteiger partial charge in [0.2, 0.25) is 0 Å². The molecule has 27 heavy (non-hydrogen) atoms. The van der Waals surface area contributed by atoms with Crippen LogP contribution in [0.2, 0.25) is 0 Å². The van der Waals surface area contributed by atoms with Gasteiger partial charge in [-0.25, -0.2) is 4.79 Å². The van der Waals surface area contributed by atoms with E-state index in [-0.39, 0.29) is 16.8 Å². The lowest BCUT2D eigenvalue weighted by molar-refractivity contribution is -0.112. The van der Waals surface area contributed by atoms with Crippen molar-refractivity contribution in [3.63, 3.8) is 0 Å². The van der Waals surface area contributed by atoms with E-state index in [4.69, 9.17) is 9.84 Å². The van der Waals surface area contributed by atoms with Crippen LogP contribution in [-0.2, 0) is 4.79 Å². The molecule has 1 heterocycles. The maximum Gasteiger partial charge on any atom is 0.335 e. The quantitative estimate of drug-likeness (QED) is 0.641. The number of carboxylic acid groups (broad SMARTS) is 1. The second-order valence-corrected chi connectivity index (χ2v) is 5.67. The summed E-state index contributed by atoms with van der Waals surface area (Å²) in [6.45, 7) is 0. The van der Waals surface area contributed by atoms with Crippen molar-refractivity contribution in [2.45, 2.75) is 0 Å². The Labute approximate surface area is 155 Å². The Morgan fingerprint density at radius 1 is 1.22 bits per heavy atom. The topological polar surface area (TPSA) is 103 Å². The molecule has 7 nitrogen and oxygen atoms in total. The lowest BCUT2D eigenvalue weighted by atomic mass is 10.2. The highest BCUT2D eigenvalue weighted by molar-refractivity contribution is 6.07. The van der Waals surface area contributed by atoms with E-state index < -0.39 is 11.9 Å². The maximum absolute atomic E-state index is 12.3. The predicted molar refractivity (Wildman–Crippen MR) is 99.3 cm³/mol. The monoisotopic (exact) mass is 361 g/mol. The molecule has 0 aliphatic carbocycles. The first-order chi connectivity index (χ1) is 13.0. The Hall–Kier alpha value is -4.05. The number of carbonyl (C=O) groups is 2. The van der Waals surface area contributed by atoms with Gasteiger partial charge in [0.25, 0.3) is 5.91 Å². The highest BCUT2D eigenvalue weighted by atomic mass is 16.5. The number of para-hydroxylation sites is 2. The molecule has 0 unspecified atom stereocenters. The normalized spacial score (nSPS) is 14.3. The van der Waals surface area contributed by atoms with Crippen molar-refractivity contribution in [3.8, 4) is 11.8 Å². The molecule has 0 radical (unpaired) electrons. The molecular weight excluding hydrogens is 346 g/mol. The number of allylic oxidation sites excluding steroid dienone is 2. The average Bonchev–Trinajstić information content (AvgIpc) is 2.98. The summed E-state index contributed by atoms with van der Waals surface area (Å²) in [4.78, 5) is 25.1. The summed E-state index contributed by atoms with van der Waals surface area (Å²) in [6.07, 6.45) is 2.89. The third-order valence-corrected chi connectivity index (χ3v) is 3.90. The number of nitrogens with zero attached hydrogens (tertiary/aromatic N) is 2. The second kappa shape index (κ2) is 7.45. The molecular formula is C20H15N3O4. The van der Waals surface area contributed by atoms with E-state index in [1.807, 2.05) is 37.4 Å². The van der Waals surface area contributed by atoms with E-state index >= 15 is 0 Å². The average molecular weight is 361 g/mol. The van der Waals surface area contributed by atoms with Gasteiger partial charge in [-0.3, -0.25) is 4.79 Å². The Bertz CT molecular complexity index is 1020. The number of nitrogens with one attached hydrogen (secondary N) is 1. The van der Waals surface area contributed by atoms with Gasteiger partial charge in [0.15, 0.2) is 11.6 Å². The predicted octanol–water partition coefficient (Wildman–Crippen LogP) is 3.14. The van der Waals surface area contributed by atoms with Gasteiger partial charge in [0, 0.05) is 18.8 Å². The first kappa shape index (κ1) is 17.8. The molecule has 0 aromatic heterocycles. The smallest absolute Gasteiger partial charge is 0.335 e. The van der Waals surface area contributed by atoms with E-state index in [1.54, 1.807) is 11.0 Å². The number of carbonyl (C=O) groups excluding carboxylic acids is 1. The van der Waals surface area contributed by atoms with E-state index in [1.165, 1.54) is 30.4 Å². The molecule has 1 aliphatic heterocycles. The van der Waals surface area contributed by atoms with E-state index in [9.17, 15) is 14.9 Å². The summed E-state index contributed by atoms with van der Waals surface area (Å²) >= 11 is 0. The number of carboxylic acids is 1. The standard InChI is InChI=1S/C20H15N3O4/c1-23-16-7-2-3-8-17(16)27-18(23)10-9-14(12-21)19(24)22-15-6-4-5-13(11-15)20(25)26/h2-11H,1H3,(H,22,24)(H,25,26). The van der Waals surface area contributed by atoms with Crippen LogP contribution >= 0.6 is 0 Å². The van der Waals surface area contributed by atoms with Gasteiger partial charge in [-0.1, -0.05) is 18.2 Å². The number of rotatable bonds is 4. The van der Waals surface area contributed by atoms with Crippen LogP contribution in [0.1, 0.15) is 10.4 Å². The Kier molecular flexibility index (Phi) is 4.90. The third-order valence-electron chi connectivity index (χ3n) is 3.90. The van der Waals surface area contributed by atoms with Crippen LogP contribution in [0.3, 0.4) is 0 Å². The molecule has 0 fully saturated rings. The first-order valence-corrected chi connectivity index (χ1v) is 7.97. The molecule has 2 N–H and O–H groups in total. The number of ether oxygens (including phenoxy) is 1. The van der Waals surface area contributed by atoms with Crippen LogP contribution in [0.25, 0.3) is 0 Å². The molecule has 7 heteroatoms. The van der Waals surface area contributed by atoms with Gasteiger partial charge in [0.05, 0.1) is 11.3 Å². The molecule has 0 atom stereocenters. The Morgan fingerprint density at radius 2 is 2.00 bits per heavy atom. The second-order valence-electron chi connectivity index (χ2n) is 5.67. The molecule has 0 saturated carbocycles. The van der Waals surface area contributed by atoms with Crippen molar-refractivity contribution < 1.29 is 19.4 Å². The number of hydrogen-bond acceptors (Lipinski definition) is 5. The molecule has 0 spiro atoms. The van der Waals surface area contributed by atoms with Crippen LogP contribution in [0.15, 0.2) is 72.1 Å². The molecule has 2 aromatic carbocycles. The van der Waals surface area contributed by atoms with Crippen molar-refractivity contribution >= 4 is 23.3 Å². The lowest BCUT2D eigenvalue weighted by Crippen LogP contribution is -2.15. The van der Waals surface area contributed by atoms with E-state index in [2.05, 4.69) is 5.32 Å². The number of anilines is 2.